The van der Waals surface area contributed by atoms with Crippen LogP contribution in [0.1, 0.15) is 37.2 Å². The zero-order chi connectivity index (χ0) is 12.8. The van der Waals surface area contributed by atoms with E-state index in [4.69, 9.17) is 0 Å². The van der Waals surface area contributed by atoms with Crippen molar-refractivity contribution < 1.29 is 4.79 Å². The highest BCUT2D eigenvalue weighted by molar-refractivity contribution is 5.87. The number of fused-ring (bicyclic) bond motifs is 2. The summed E-state index contributed by atoms with van der Waals surface area (Å²) in [6.07, 6.45) is 4.53. The van der Waals surface area contributed by atoms with Crippen molar-refractivity contribution in [3.05, 3.63) is 35.9 Å². The molecule has 3 aliphatic heterocycles. The first-order valence-corrected chi connectivity index (χ1v) is 7.64. The molecule has 4 aliphatic rings. The zero-order valence-corrected chi connectivity index (χ0v) is 11.3. The second-order valence-corrected chi connectivity index (χ2v) is 6.47. The van der Waals surface area contributed by atoms with E-state index in [0.717, 1.165) is 18.8 Å². The number of hydrogen-bond acceptors (Lipinski definition) is 2. The number of piperidine rings is 3. The van der Waals surface area contributed by atoms with E-state index >= 15 is 0 Å². The van der Waals surface area contributed by atoms with E-state index in [1.807, 2.05) is 6.07 Å². The Kier molecular flexibility index (Phi) is 2.73. The fourth-order valence-electron chi connectivity index (χ4n) is 4.65. The SMILES string of the molecule is O=C1CC2C3CCN(CC3)C2CC1c1ccccc1. The lowest BCUT2D eigenvalue weighted by atomic mass is 9.64. The summed E-state index contributed by atoms with van der Waals surface area (Å²) in [7, 11) is 0. The first-order chi connectivity index (χ1) is 9.33. The first-order valence-electron chi connectivity index (χ1n) is 7.64. The van der Waals surface area contributed by atoms with Crippen molar-refractivity contribution in [3.8, 4) is 0 Å². The molecule has 0 amide bonds. The molecule has 0 spiro atoms. The number of benzene rings is 1. The molecule has 2 heteroatoms. The molecule has 3 saturated heterocycles. The molecule has 3 unspecified atom stereocenters. The van der Waals surface area contributed by atoms with Gasteiger partial charge in [-0.15, -0.1) is 0 Å². The van der Waals surface area contributed by atoms with Crippen LogP contribution in [0.15, 0.2) is 30.3 Å². The van der Waals surface area contributed by atoms with Crippen LogP contribution in [0, 0.1) is 11.8 Å². The Labute approximate surface area is 114 Å². The molecule has 5 rings (SSSR count). The van der Waals surface area contributed by atoms with E-state index in [0.29, 0.717) is 17.7 Å². The predicted octanol–water partition coefficient (Wildman–Crippen LogP) is 2.84. The van der Waals surface area contributed by atoms with E-state index in [9.17, 15) is 4.79 Å². The van der Waals surface area contributed by atoms with Gasteiger partial charge in [0.25, 0.3) is 0 Å². The fraction of sp³-hybridized carbons (Fsp3) is 0.588. The smallest absolute Gasteiger partial charge is 0.140 e. The third-order valence-corrected chi connectivity index (χ3v) is 5.65. The number of rotatable bonds is 1. The van der Waals surface area contributed by atoms with Gasteiger partial charge in [-0.25, -0.2) is 0 Å². The molecule has 2 nitrogen and oxygen atoms in total. The van der Waals surface area contributed by atoms with Crippen LogP contribution in [0.25, 0.3) is 0 Å². The molecule has 1 aromatic carbocycles. The van der Waals surface area contributed by atoms with Gasteiger partial charge in [-0.2, -0.15) is 0 Å². The van der Waals surface area contributed by atoms with Crippen LogP contribution in [-0.4, -0.2) is 29.8 Å². The van der Waals surface area contributed by atoms with Crippen LogP contribution >= 0.6 is 0 Å². The molecule has 1 saturated carbocycles. The summed E-state index contributed by atoms with van der Waals surface area (Å²) in [6.45, 7) is 2.53. The van der Waals surface area contributed by atoms with E-state index < -0.39 is 0 Å². The molecule has 4 fully saturated rings. The molecular formula is C17H21NO. The maximum Gasteiger partial charge on any atom is 0.140 e. The minimum atomic E-state index is 0.154. The van der Waals surface area contributed by atoms with Crippen molar-refractivity contribution in [2.45, 2.75) is 37.6 Å². The van der Waals surface area contributed by atoms with Gasteiger partial charge in [0, 0.05) is 18.4 Å². The summed E-state index contributed by atoms with van der Waals surface area (Å²) < 4.78 is 0. The van der Waals surface area contributed by atoms with Crippen molar-refractivity contribution in [1.82, 2.24) is 4.90 Å². The predicted molar refractivity (Wildman–Crippen MR) is 75.0 cm³/mol. The van der Waals surface area contributed by atoms with Gasteiger partial charge >= 0.3 is 0 Å². The van der Waals surface area contributed by atoms with Crippen LogP contribution in [0.4, 0.5) is 0 Å². The Bertz CT molecular complexity index is 475. The summed E-state index contributed by atoms with van der Waals surface area (Å²) in [4.78, 5) is 15.2. The van der Waals surface area contributed by atoms with E-state index in [1.54, 1.807) is 0 Å². The zero-order valence-electron chi connectivity index (χ0n) is 11.3. The number of carbonyl (C=O) groups is 1. The van der Waals surface area contributed by atoms with Gasteiger partial charge in [0.15, 0.2) is 0 Å². The normalized spacial score (nSPS) is 41.1. The lowest BCUT2D eigenvalue weighted by molar-refractivity contribution is -0.130. The minimum Gasteiger partial charge on any atom is -0.300 e. The quantitative estimate of drug-likeness (QED) is 0.769. The third kappa shape index (κ3) is 1.85. The highest BCUT2D eigenvalue weighted by Gasteiger charge is 2.47. The van der Waals surface area contributed by atoms with Crippen LogP contribution in [0.2, 0.25) is 0 Å². The van der Waals surface area contributed by atoms with Gasteiger partial charge in [0.2, 0.25) is 0 Å². The Morgan fingerprint density at radius 1 is 1.05 bits per heavy atom. The number of ketones is 1. The maximum absolute atomic E-state index is 12.5. The Hall–Kier alpha value is -1.15. The van der Waals surface area contributed by atoms with Gasteiger partial charge < -0.3 is 4.90 Å². The van der Waals surface area contributed by atoms with E-state index in [2.05, 4.69) is 29.2 Å². The van der Waals surface area contributed by atoms with Crippen LogP contribution in [0.3, 0.4) is 0 Å². The number of carbonyl (C=O) groups excluding carboxylic acids is 1. The minimum absolute atomic E-state index is 0.154. The van der Waals surface area contributed by atoms with Crippen LogP contribution < -0.4 is 0 Å². The molecule has 1 aliphatic carbocycles. The van der Waals surface area contributed by atoms with E-state index in [1.165, 1.54) is 31.5 Å². The number of hydrogen-bond donors (Lipinski definition) is 0. The molecule has 0 radical (unpaired) electrons. The van der Waals surface area contributed by atoms with Gasteiger partial charge in [0.05, 0.1) is 0 Å². The Balaban J connectivity index is 1.62. The maximum atomic E-state index is 12.5. The van der Waals surface area contributed by atoms with Gasteiger partial charge in [-0.1, -0.05) is 30.3 Å². The second-order valence-electron chi connectivity index (χ2n) is 6.47. The van der Waals surface area contributed by atoms with Crippen molar-refractivity contribution in [1.29, 1.82) is 0 Å². The number of Topliss-reactive ketones (excluding diaryl/α,β-unsaturated/α-hetero) is 1. The molecule has 3 atom stereocenters. The highest BCUT2D eigenvalue weighted by atomic mass is 16.1. The molecule has 1 aromatic rings. The lowest BCUT2D eigenvalue weighted by Gasteiger charge is -2.54. The Morgan fingerprint density at radius 3 is 2.53 bits per heavy atom. The van der Waals surface area contributed by atoms with Gasteiger partial charge in [-0.05, 0) is 49.8 Å². The summed E-state index contributed by atoms with van der Waals surface area (Å²) in [5.74, 6) is 2.13. The third-order valence-electron chi connectivity index (χ3n) is 5.65. The van der Waals surface area contributed by atoms with E-state index in [-0.39, 0.29) is 5.92 Å². The average Bonchev–Trinajstić information content (AvgIpc) is 2.48. The monoisotopic (exact) mass is 255 g/mol. The van der Waals surface area contributed by atoms with Gasteiger partial charge in [-0.3, -0.25) is 4.79 Å². The molecule has 0 N–H and O–H groups in total. The molecule has 19 heavy (non-hydrogen) atoms. The largest absolute Gasteiger partial charge is 0.300 e. The number of nitrogens with zero attached hydrogens (tertiary/aromatic N) is 1. The van der Waals surface area contributed by atoms with Crippen molar-refractivity contribution in [2.24, 2.45) is 11.8 Å². The average molecular weight is 255 g/mol. The van der Waals surface area contributed by atoms with Crippen LogP contribution in [-0.2, 0) is 4.79 Å². The molecule has 0 aromatic heterocycles. The molecule has 2 bridgehead atoms. The molecule has 3 heterocycles. The lowest BCUT2D eigenvalue weighted by Crippen LogP contribution is -2.57. The second kappa shape index (κ2) is 4.45. The summed E-state index contributed by atoms with van der Waals surface area (Å²) in [5, 5.41) is 0. The van der Waals surface area contributed by atoms with Crippen molar-refractivity contribution in [2.75, 3.05) is 13.1 Å². The van der Waals surface area contributed by atoms with Crippen molar-refractivity contribution >= 4 is 5.78 Å². The summed E-state index contributed by atoms with van der Waals surface area (Å²) in [6, 6.07) is 11.1. The first kappa shape index (κ1) is 11.7. The summed E-state index contributed by atoms with van der Waals surface area (Å²) in [5.41, 5.74) is 1.23. The molecular weight excluding hydrogens is 234 g/mol. The Morgan fingerprint density at radius 2 is 1.79 bits per heavy atom. The van der Waals surface area contributed by atoms with Crippen molar-refractivity contribution in [3.63, 3.8) is 0 Å². The highest BCUT2D eigenvalue weighted by Crippen LogP contribution is 2.46. The fourth-order valence-corrected chi connectivity index (χ4v) is 4.65. The topological polar surface area (TPSA) is 20.3 Å². The molecule has 100 valence electrons. The van der Waals surface area contributed by atoms with Crippen LogP contribution in [0.5, 0.6) is 0 Å². The standard InChI is InChI=1S/C17H21NO/c19-17-11-14-13-6-8-18(9-7-13)16(14)10-15(17)12-4-2-1-3-5-12/h1-5,13-16H,6-11H2. The van der Waals surface area contributed by atoms with Gasteiger partial charge in [0.1, 0.15) is 5.78 Å². The summed E-state index contributed by atoms with van der Waals surface area (Å²) >= 11 is 0.